The molecule has 3 rings (SSSR count). The van der Waals surface area contributed by atoms with Crippen LogP contribution in [-0.2, 0) is 4.79 Å². The van der Waals surface area contributed by atoms with E-state index in [1.807, 2.05) is 6.92 Å². The van der Waals surface area contributed by atoms with E-state index in [4.69, 9.17) is 21.1 Å². The number of thioether (sulfide) groups is 1. The highest BCUT2D eigenvalue weighted by molar-refractivity contribution is 9.10. The van der Waals surface area contributed by atoms with Gasteiger partial charge >= 0.3 is 0 Å². The van der Waals surface area contributed by atoms with Crippen molar-refractivity contribution in [2.45, 2.75) is 6.92 Å². The Kier molecular flexibility index (Phi) is 6.14. The van der Waals surface area contributed by atoms with Gasteiger partial charge in [-0.05, 0) is 66.7 Å². The maximum atomic E-state index is 12.8. The minimum absolute atomic E-state index is 0.321. The predicted octanol–water partition coefficient (Wildman–Crippen LogP) is 5.75. The minimum Gasteiger partial charge on any atom is -0.493 e. The summed E-state index contributed by atoms with van der Waals surface area (Å²) in [7, 11) is 1.55. The van der Waals surface area contributed by atoms with Gasteiger partial charge in [0.1, 0.15) is 0 Å². The molecule has 0 bridgehead atoms. The molecule has 0 spiro atoms. The van der Waals surface area contributed by atoms with E-state index in [0.29, 0.717) is 39.3 Å². The highest BCUT2D eigenvalue weighted by atomic mass is 79.9. The number of nitrogens with zero attached hydrogens (tertiary/aromatic N) is 1. The van der Waals surface area contributed by atoms with E-state index in [1.54, 1.807) is 49.6 Å². The highest BCUT2D eigenvalue weighted by Crippen LogP contribution is 2.39. The molecule has 0 radical (unpaired) electrons. The molecule has 5 nitrogen and oxygen atoms in total. The van der Waals surface area contributed by atoms with Crippen molar-refractivity contribution in [3.8, 4) is 11.5 Å². The number of carbonyl (C=O) groups is 2. The zero-order chi connectivity index (χ0) is 19.6. The zero-order valence-corrected chi connectivity index (χ0v) is 17.7. The monoisotopic (exact) mass is 467 g/mol. The molecule has 0 aromatic heterocycles. The second-order valence-corrected chi connectivity index (χ2v) is 7.74. The van der Waals surface area contributed by atoms with E-state index in [-0.39, 0.29) is 11.1 Å². The maximum absolute atomic E-state index is 12.8. The van der Waals surface area contributed by atoms with Gasteiger partial charge in [-0.2, -0.15) is 0 Å². The first-order valence-electron chi connectivity index (χ1n) is 7.98. The molecule has 0 atom stereocenters. The van der Waals surface area contributed by atoms with Gasteiger partial charge in [-0.3, -0.25) is 9.59 Å². The molecule has 1 saturated heterocycles. The fourth-order valence-corrected chi connectivity index (χ4v) is 3.91. The van der Waals surface area contributed by atoms with Gasteiger partial charge in [0.05, 0.1) is 24.3 Å². The molecule has 1 fully saturated rings. The lowest BCUT2D eigenvalue weighted by molar-refractivity contribution is -0.113. The molecule has 140 valence electrons. The second-order valence-electron chi connectivity index (χ2n) is 5.45. The number of carbonyl (C=O) groups excluding carboxylic acids is 2. The summed E-state index contributed by atoms with van der Waals surface area (Å²) in [6, 6.07) is 10.1. The number of halogens is 2. The average Bonchev–Trinajstić information content (AvgIpc) is 2.92. The van der Waals surface area contributed by atoms with Crippen LogP contribution in [-0.4, -0.2) is 24.9 Å². The van der Waals surface area contributed by atoms with Crippen molar-refractivity contribution in [2.24, 2.45) is 0 Å². The Morgan fingerprint density at radius 3 is 2.52 bits per heavy atom. The minimum atomic E-state index is -0.382. The van der Waals surface area contributed by atoms with Crippen LogP contribution in [0.25, 0.3) is 6.08 Å². The van der Waals surface area contributed by atoms with E-state index in [9.17, 15) is 9.59 Å². The van der Waals surface area contributed by atoms with Crippen LogP contribution in [0.15, 0.2) is 45.8 Å². The van der Waals surface area contributed by atoms with Crippen LogP contribution in [0, 0.1) is 0 Å². The molecule has 2 amide bonds. The molecular formula is C19H15BrClNO4S. The normalized spacial score (nSPS) is 15.6. The summed E-state index contributed by atoms with van der Waals surface area (Å²) >= 11 is 10.2. The predicted molar refractivity (Wildman–Crippen MR) is 112 cm³/mol. The first kappa shape index (κ1) is 19.8. The van der Waals surface area contributed by atoms with Crippen molar-refractivity contribution in [1.29, 1.82) is 0 Å². The molecule has 1 heterocycles. The lowest BCUT2D eigenvalue weighted by Gasteiger charge is -2.12. The van der Waals surface area contributed by atoms with Crippen LogP contribution in [0.5, 0.6) is 11.5 Å². The maximum Gasteiger partial charge on any atom is 0.298 e. The van der Waals surface area contributed by atoms with Crippen molar-refractivity contribution in [1.82, 2.24) is 0 Å². The van der Waals surface area contributed by atoms with Gasteiger partial charge in [0.2, 0.25) is 0 Å². The van der Waals surface area contributed by atoms with Gasteiger partial charge in [-0.25, -0.2) is 4.90 Å². The molecule has 8 heteroatoms. The molecule has 0 unspecified atom stereocenters. The topological polar surface area (TPSA) is 55.8 Å². The lowest BCUT2D eigenvalue weighted by atomic mass is 10.1. The molecule has 2 aromatic carbocycles. The van der Waals surface area contributed by atoms with Crippen LogP contribution in [0.3, 0.4) is 0 Å². The summed E-state index contributed by atoms with van der Waals surface area (Å²) in [6.45, 7) is 2.39. The first-order chi connectivity index (χ1) is 12.9. The van der Waals surface area contributed by atoms with Crippen molar-refractivity contribution >= 4 is 62.2 Å². The van der Waals surface area contributed by atoms with Crippen molar-refractivity contribution in [3.05, 3.63) is 56.4 Å². The van der Waals surface area contributed by atoms with Crippen LogP contribution >= 0.6 is 39.3 Å². The first-order valence-corrected chi connectivity index (χ1v) is 9.97. The molecule has 1 aliphatic heterocycles. The summed E-state index contributed by atoms with van der Waals surface area (Å²) in [5.41, 5.74) is 1.19. The van der Waals surface area contributed by atoms with Gasteiger partial charge in [0.25, 0.3) is 11.1 Å². The number of methoxy groups -OCH3 is 1. The van der Waals surface area contributed by atoms with Crippen LogP contribution < -0.4 is 14.4 Å². The van der Waals surface area contributed by atoms with Crippen LogP contribution in [0.2, 0.25) is 5.02 Å². The van der Waals surface area contributed by atoms with Crippen LogP contribution in [0.1, 0.15) is 12.5 Å². The lowest BCUT2D eigenvalue weighted by Crippen LogP contribution is -2.27. The van der Waals surface area contributed by atoms with Crippen molar-refractivity contribution < 1.29 is 19.1 Å². The third-order valence-electron chi connectivity index (χ3n) is 3.75. The Morgan fingerprint density at radius 2 is 1.89 bits per heavy atom. The Balaban J connectivity index is 1.95. The number of anilines is 1. The smallest absolute Gasteiger partial charge is 0.298 e. The van der Waals surface area contributed by atoms with Gasteiger partial charge in [-0.15, -0.1) is 0 Å². The van der Waals surface area contributed by atoms with E-state index in [2.05, 4.69) is 15.9 Å². The van der Waals surface area contributed by atoms with E-state index in [1.165, 1.54) is 0 Å². The third kappa shape index (κ3) is 4.15. The largest absolute Gasteiger partial charge is 0.493 e. The summed E-state index contributed by atoms with van der Waals surface area (Å²) in [6.07, 6.45) is 1.66. The number of hydrogen-bond donors (Lipinski definition) is 0. The number of amides is 2. The quantitative estimate of drug-likeness (QED) is 0.523. The van der Waals surface area contributed by atoms with Gasteiger partial charge < -0.3 is 9.47 Å². The van der Waals surface area contributed by atoms with Crippen molar-refractivity contribution in [3.63, 3.8) is 0 Å². The Morgan fingerprint density at radius 1 is 1.19 bits per heavy atom. The Bertz CT molecular complexity index is 930. The molecule has 0 N–H and O–H groups in total. The van der Waals surface area contributed by atoms with Gasteiger partial charge in [-0.1, -0.05) is 27.5 Å². The fraction of sp³-hybridized carbons (Fsp3) is 0.158. The zero-order valence-electron chi connectivity index (χ0n) is 14.5. The van der Waals surface area contributed by atoms with E-state index >= 15 is 0 Å². The Labute approximate surface area is 174 Å². The number of hydrogen-bond acceptors (Lipinski definition) is 5. The number of imide groups is 1. The number of benzene rings is 2. The summed E-state index contributed by atoms with van der Waals surface area (Å²) in [5.74, 6) is 0.758. The SMILES string of the molecule is CCOc1cc(Br)c(/C=C2/SC(=O)N(c3ccc(Cl)cc3)C2=O)cc1OC. The summed E-state index contributed by atoms with van der Waals surface area (Å²) < 4.78 is 11.6. The van der Waals surface area contributed by atoms with Gasteiger partial charge in [0.15, 0.2) is 11.5 Å². The van der Waals surface area contributed by atoms with E-state index < -0.39 is 0 Å². The molecule has 1 aliphatic rings. The summed E-state index contributed by atoms with van der Waals surface area (Å²) in [4.78, 5) is 26.6. The standard InChI is InChI=1S/C19H15BrClNO4S/c1-3-26-16-10-14(20)11(8-15(16)25-2)9-17-18(23)22(19(24)27-17)13-6-4-12(21)5-7-13/h4-10H,3H2,1-2H3/b17-9+. The molecule has 27 heavy (non-hydrogen) atoms. The second kappa shape index (κ2) is 8.37. The van der Waals surface area contributed by atoms with Crippen LogP contribution in [0.4, 0.5) is 10.5 Å². The Hall–Kier alpha value is -1.96. The third-order valence-corrected chi connectivity index (χ3v) is 5.56. The molecule has 0 saturated carbocycles. The van der Waals surface area contributed by atoms with Crippen molar-refractivity contribution in [2.75, 3.05) is 18.6 Å². The highest BCUT2D eigenvalue weighted by Gasteiger charge is 2.36. The summed E-state index contributed by atoms with van der Waals surface area (Å²) in [5, 5.41) is 0.175. The number of ether oxygens (including phenoxy) is 2. The van der Waals surface area contributed by atoms with E-state index in [0.717, 1.165) is 21.1 Å². The number of rotatable bonds is 5. The molecule has 2 aromatic rings. The fourth-order valence-electron chi connectivity index (χ4n) is 2.51. The van der Waals surface area contributed by atoms with Gasteiger partial charge in [0, 0.05) is 9.50 Å². The average molecular weight is 469 g/mol. The molecular weight excluding hydrogens is 454 g/mol. The molecule has 0 aliphatic carbocycles.